The van der Waals surface area contributed by atoms with Crippen LogP contribution in [-0.4, -0.2) is 76.0 Å². The van der Waals surface area contributed by atoms with Crippen molar-refractivity contribution in [1.29, 1.82) is 0 Å². The molecule has 0 radical (unpaired) electrons. The maximum absolute atomic E-state index is 13.3. The van der Waals surface area contributed by atoms with E-state index in [1.807, 2.05) is 13.8 Å². The van der Waals surface area contributed by atoms with Crippen molar-refractivity contribution >= 4 is 41.4 Å². The van der Waals surface area contributed by atoms with Crippen LogP contribution in [0.2, 0.25) is 0 Å². The van der Waals surface area contributed by atoms with Crippen molar-refractivity contribution in [3.05, 3.63) is 29.8 Å². The minimum absolute atomic E-state index is 0.0158. The molecule has 0 aliphatic heterocycles. The molecule has 4 atom stereocenters. The number of thioether (sulfide) groups is 1. The van der Waals surface area contributed by atoms with E-state index in [4.69, 9.17) is 11.5 Å². The Morgan fingerprint density at radius 2 is 1.45 bits per heavy atom. The van der Waals surface area contributed by atoms with Crippen LogP contribution in [-0.2, 0) is 30.4 Å². The number of rotatable bonds is 17. The lowest BCUT2D eigenvalue weighted by molar-refractivity contribution is -0.142. The van der Waals surface area contributed by atoms with Crippen LogP contribution in [0.15, 0.2) is 24.3 Å². The molecule has 9 N–H and O–H groups in total. The number of carboxylic acids is 1. The summed E-state index contributed by atoms with van der Waals surface area (Å²) >= 11 is 1.41. The molecule has 0 aliphatic rings. The summed E-state index contributed by atoms with van der Waals surface area (Å²) in [5.74, 6) is -3.38. The number of nitrogens with two attached hydrogens (primary N) is 2. The molecule has 12 nitrogen and oxygen atoms in total. The Hall–Kier alpha value is -3.32. The van der Waals surface area contributed by atoms with Gasteiger partial charge in [-0.2, -0.15) is 11.8 Å². The minimum Gasteiger partial charge on any atom is -0.508 e. The van der Waals surface area contributed by atoms with Crippen LogP contribution in [0.5, 0.6) is 5.75 Å². The Kier molecular flexibility index (Phi) is 14.2. The van der Waals surface area contributed by atoms with E-state index in [0.29, 0.717) is 17.7 Å². The normalized spacial score (nSPS) is 14.1. The van der Waals surface area contributed by atoms with E-state index in [0.717, 1.165) is 0 Å². The molecule has 0 aliphatic carbocycles. The molecule has 13 heteroatoms. The van der Waals surface area contributed by atoms with Crippen molar-refractivity contribution in [1.82, 2.24) is 16.0 Å². The van der Waals surface area contributed by atoms with Gasteiger partial charge in [0.2, 0.25) is 23.6 Å². The predicted octanol–water partition coefficient (Wildman–Crippen LogP) is -0.134. The Labute approximate surface area is 226 Å². The van der Waals surface area contributed by atoms with Crippen molar-refractivity contribution in [2.45, 2.75) is 70.1 Å². The predicted molar refractivity (Wildman–Crippen MR) is 144 cm³/mol. The molecule has 4 amide bonds. The molecule has 38 heavy (non-hydrogen) atoms. The fourth-order valence-electron chi connectivity index (χ4n) is 3.56. The fraction of sp³-hybridized carbons (Fsp3) is 0.560. The summed E-state index contributed by atoms with van der Waals surface area (Å²) in [6.07, 6.45) is 1.94. The molecule has 4 unspecified atom stereocenters. The van der Waals surface area contributed by atoms with Crippen LogP contribution >= 0.6 is 11.8 Å². The molecular formula is C25H39N5O7S. The number of carbonyl (C=O) groups excluding carboxylic acids is 4. The van der Waals surface area contributed by atoms with E-state index in [9.17, 15) is 34.2 Å². The second-order valence-electron chi connectivity index (χ2n) is 9.41. The average molecular weight is 554 g/mol. The number of carboxylic acid groups (broad SMARTS) is 1. The highest BCUT2D eigenvalue weighted by Gasteiger charge is 2.30. The van der Waals surface area contributed by atoms with Crippen LogP contribution in [0, 0.1) is 5.92 Å². The summed E-state index contributed by atoms with van der Waals surface area (Å²) in [6.45, 7) is 3.80. The Balaban J connectivity index is 3.15. The molecule has 0 spiro atoms. The molecule has 0 heterocycles. The van der Waals surface area contributed by atoms with Crippen molar-refractivity contribution in [2.24, 2.45) is 17.4 Å². The first kappa shape index (κ1) is 32.7. The summed E-state index contributed by atoms with van der Waals surface area (Å²) in [5.41, 5.74) is 11.8. The number of phenolic OH excluding ortho intramolecular Hbond substituents is 1. The van der Waals surface area contributed by atoms with E-state index in [-0.39, 0.29) is 37.4 Å². The maximum atomic E-state index is 13.3. The topological polar surface area (TPSA) is 214 Å². The summed E-state index contributed by atoms with van der Waals surface area (Å²) in [5, 5.41) is 26.6. The molecular weight excluding hydrogens is 514 g/mol. The third kappa shape index (κ3) is 12.3. The quantitative estimate of drug-likeness (QED) is 0.137. The number of aromatic hydroxyl groups is 1. The Bertz CT molecular complexity index is 958. The van der Waals surface area contributed by atoms with Gasteiger partial charge < -0.3 is 37.6 Å². The van der Waals surface area contributed by atoms with E-state index in [1.165, 1.54) is 23.9 Å². The summed E-state index contributed by atoms with van der Waals surface area (Å²) in [4.78, 5) is 62.0. The third-order valence-electron chi connectivity index (χ3n) is 5.61. The molecule has 1 aromatic carbocycles. The second-order valence-corrected chi connectivity index (χ2v) is 10.4. The van der Waals surface area contributed by atoms with Crippen LogP contribution < -0.4 is 27.4 Å². The number of benzene rings is 1. The molecule has 0 saturated carbocycles. The summed E-state index contributed by atoms with van der Waals surface area (Å²) in [7, 11) is 0. The van der Waals surface area contributed by atoms with Gasteiger partial charge in [-0.15, -0.1) is 0 Å². The zero-order valence-electron chi connectivity index (χ0n) is 21.9. The lowest BCUT2D eigenvalue weighted by atomic mass is 10.0. The molecule has 1 rings (SSSR count). The third-order valence-corrected chi connectivity index (χ3v) is 6.25. The molecule has 0 fully saturated rings. The fourth-order valence-corrected chi connectivity index (χ4v) is 4.04. The molecule has 1 aromatic rings. The smallest absolute Gasteiger partial charge is 0.326 e. The van der Waals surface area contributed by atoms with Crippen LogP contribution in [0.4, 0.5) is 0 Å². The summed E-state index contributed by atoms with van der Waals surface area (Å²) < 4.78 is 0. The van der Waals surface area contributed by atoms with E-state index in [1.54, 1.807) is 18.4 Å². The number of aliphatic carboxylic acids is 1. The van der Waals surface area contributed by atoms with Gasteiger partial charge >= 0.3 is 5.97 Å². The van der Waals surface area contributed by atoms with Gasteiger partial charge in [0.05, 0.1) is 6.04 Å². The zero-order valence-corrected chi connectivity index (χ0v) is 22.8. The van der Waals surface area contributed by atoms with Gasteiger partial charge in [-0.1, -0.05) is 26.0 Å². The summed E-state index contributed by atoms with van der Waals surface area (Å²) in [6, 6.07) is 1.53. The van der Waals surface area contributed by atoms with Crippen molar-refractivity contribution in [2.75, 3.05) is 12.0 Å². The van der Waals surface area contributed by atoms with Crippen LogP contribution in [0.3, 0.4) is 0 Å². The number of hydrogen-bond donors (Lipinski definition) is 7. The van der Waals surface area contributed by atoms with E-state index < -0.39 is 53.8 Å². The van der Waals surface area contributed by atoms with Gasteiger partial charge in [-0.25, -0.2) is 4.79 Å². The van der Waals surface area contributed by atoms with Crippen molar-refractivity contribution in [3.8, 4) is 5.75 Å². The lowest BCUT2D eigenvalue weighted by Gasteiger charge is -2.25. The Morgan fingerprint density at radius 1 is 0.895 bits per heavy atom. The van der Waals surface area contributed by atoms with Gasteiger partial charge in [0, 0.05) is 12.8 Å². The molecule has 212 valence electrons. The SMILES string of the molecule is CSCCC(NC(=O)C(CCC(N)=O)NC(=O)C(Cc1ccc(O)cc1)NC(=O)C(N)CC(C)C)C(=O)O. The number of primary amides is 1. The van der Waals surface area contributed by atoms with Gasteiger partial charge in [0.15, 0.2) is 0 Å². The number of nitrogens with one attached hydrogen (secondary N) is 3. The first-order valence-corrected chi connectivity index (χ1v) is 13.7. The highest BCUT2D eigenvalue weighted by atomic mass is 32.2. The average Bonchev–Trinajstić information content (AvgIpc) is 2.83. The van der Waals surface area contributed by atoms with Gasteiger partial charge in [-0.3, -0.25) is 19.2 Å². The maximum Gasteiger partial charge on any atom is 0.326 e. The van der Waals surface area contributed by atoms with Crippen molar-refractivity contribution < 1.29 is 34.2 Å². The highest BCUT2D eigenvalue weighted by molar-refractivity contribution is 7.98. The number of carbonyl (C=O) groups is 5. The van der Waals surface area contributed by atoms with Gasteiger partial charge in [-0.05, 0) is 54.9 Å². The zero-order chi connectivity index (χ0) is 28.8. The van der Waals surface area contributed by atoms with Gasteiger partial charge in [0.1, 0.15) is 23.9 Å². The van der Waals surface area contributed by atoms with Gasteiger partial charge in [0.25, 0.3) is 0 Å². The molecule has 0 aromatic heterocycles. The molecule has 0 bridgehead atoms. The number of amides is 4. The standard InChI is InChI=1S/C25H39N5O7S/c1-14(2)12-17(26)22(33)30-20(13-15-4-6-16(31)7-5-15)24(35)28-18(8-9-21(27)32)23(34)29-19(25(36)37)10-11-38-3/h4-7,14,17-20,31H,8-13,26H2,1-3H3,(H2,27,32)(H,28,35)(H,29,34)(H,30,33)(H,36,37). The number of hydrogen-bond acceptors (Lipinski definition) is 8. The second kappa shape index (κ2) is 16.5. The lowest BCUT2D eigenvalue weighted by Crippen LogP contribution is -2.57. The van der Waals surface area contributed by atoms with Crippen LogP contribution in [0.25, 0.3) is 0 Å². The minimum atomic E-state index is -1.28. The highest BCUT2D eigenvalue weighted by Crippen LogP contribution is 2.13. The first-order chi connectivity index (χ1) is 17.8. The van der Waals surface area contributed by atoms with E-state index >= 15 is 0 Å². The van der Waals surface area contributed by atoms with E-state index in [2.05, 4.69) is 16.0 Å². The largest absolute Gasteiger partial charge is 0.508 e. The monoisotopic (exact) mass is 553 g/mol. The molecule has 0 saturated heterocycles. The van der Waals surface area contributed by atoms with Crippen LogP contribution in [0.1, 0.15) is 45.1 Å². The van der Waals surface area contributed by atoms with Crippen molar-refractivity contribution in [3.63, 3.8) is 0 Å². The first-order valence-electron chi connectivity index (χ1n) is 12.3. The Morgan fingerprint density at radius 3 is 1.97 bits per heavy atom. The number of phenols is 1.